The lowest BCUT2D eigenvalue weighted by atomic mass is 10.1. The van der Waals surface area contributed by atoms with E-state index in [1.54, 1.807) is 13.8 Å². The van der Waals surface area contributed by atoms with E-state index >= 15 is 0 Å². The lowest BCUT2D eigenvalue weighted by molar-refractivity contribution is -0.147. The second-order valence-corrected chi connectivity index (χ2v) is 4.56. The van der Waals surface area contributed by atoms with E-state index < -0.39 is 23.7 Å². The van der Waals surface area contributed by atoms with Gasteiger partial charge in [-0.25, -0.2) is 14.4 Å². The predicted molar refractivity (Wildman–Crippen MR) is 63.8 cm³/mol. The zero-order valence-electron chi connectivity index (χ0n) is 10.9. The molecule has 2 rings (SSSR count). The summed E-state index contributed by atoms with van der Waals surface area (Å²) in [5, 5.41) is 0. The summed E-state index contributed by atoms with van der Waals surface area (Å²) >= 11 is 0. The van der Waals surface area contributed by atoms with Crippen molar-refractivity contribution in [3.63, 3.8) is 0 Å². The third-order valence-corrected chi connectivity index (χ3v) is 2.91. The van der Waals surface area contributed by atoms with E-state index in [9.17, 15) is 14.4 Å². The van der Waals surface area contributed by atoms with Gasteiger partial charge in [-0.3, -0.25) is 0 Å². The summed E-state index contributed by atoms with van der Waals surface area (Å²) in [6.07, 6.45) is -0.825. The molecule has 1 aromatic rings. The van der Waals surface area contributed by atoms with Crippen LogP contribution in [0, 0.1) is 13.8 Å². The van der Waals surface area contributed by atoms with Gasteiger partial charge in [0.15, 0.2) is 0 Å². The number of ether oxygens (including phenoxy) is 2. The molecule has 0 aromatic carbocycles. The van der Waals surface area contributed by atoms with Crippen LogP contribution in [0.2, 0.25) is 0 Å². The fourth-order valence-electron chi connectivity index (χ4n) is 2.07. The molecule has 0 amide bonds. The quantitative estimate of drug-likeness (QED) is 0.746. The molecule has 102 valence electrons. The number of carbonyl (C=O) groups is 2. The van der Waals surface area contributed by atoms with Crippen LogP contribution in [-0.4, -0.2) is 24.1 Å². The Hall–Kier alpha value is -2.11. The largest absolute Gasteiger partial charge is 0.460 e. The smallest absolute Gasteiger partial charge is 0.347 e. The number of carbonyl (C=O) groups excluding carboxylic acids is 2. The summed E-state index contributed by atoms with van der Waals surface area (Å²) in [7, 11) is 0. The Kier molecular flexibility index (Phi) is 3.42. The first-order valence-electron chi connectivity index (χ1n) is 5.91. The molecule has 0 saturated carbocycles. The Morgan fingerprint density at radius 2 is 2.05 bits per heavy atom. The van der Waals surface area contributed by atoms with Gasteiger partial charge in [0, 0.05) is 12.5 Å². The van der Waals surface area contributed by atoms with Crippen molar-refractivity contribution in [3.05, 3.63) is 33.4 Å². The molecule has 1 aliphatic rings. The van der Waals surface area contributed by atoms with Crippen molar-refractivity contribution < 1.29 is 23.5 Å². The number of rotatable bonds is 2. The first kappa shape index (κ1) is 13.3. The average Bonchev–Trinajstić information content (AvgIpc) is 2.55. The Bertz CT molecular complexity index is 559. The maximum Gasteiger partial charge on any atom is 0.347 e. The van der Waals surface area contributed by atoms with Crippen molar-refractivity contribution in [2.75, 3.05) is 0 Å². The molecule has 0 radical (unpaired) electrons. The van der Waals surface area contributed by atoms with Crippen molar-refractivity contribution >= 4 is 11.9 Å². The van der Waals surface area contributed by atoms with E-state index in [4.69, 9.17) is 13.9 Å². The molecule has 0 N–H and O–H groups in total. The summed E-state index contributed by atoms with van der Waals surface area (Å²) < 4.78 is 14.9. The van der Waals surface area contributed by atoms with Crippen molar-refractivity contribution in [1.29, 1.82) is 0 Å². The third-order valence-electron chi connectivity index (χ3n) is 2.91. The standard InChI is InChI=1S/C13H14O6/c1-6-4-10(14)18-8(3)11(6)13(16)19-9-5-7(2)17-12(9)15/h4,7,9H,5H2,1-3H3/t7-,9+/m0/s1. The maximum absolute atomic E-state index is 12.0. The first-order chi connectivity index (χ1) is 8.88. The first-order valence-corrected chi connectivity index (χ1v) is 5.91. The van der Waals surface area contributed by atoms with Gasteiger partial charge in [-0.05, 0) is 26.3 Å². The lowest BCUT2D eigenvalue weighted by Crippen LogP contribution is -2.24. The van der Waals surface area contributed by atoms with E-state index in [1.807, 2.05) is 0 Å². The molecule has 0 unspecified atom stereocenters. The Morgan fingerprint density at radius 3 is 2.58 bits per heavy atom. The fourth-order valence-corrected chi connectivity index (χ4v) is 2.07. The number of aryl methyl sites for hydroxylation is 2. The number of hydrogen-bond acceptors (Lipinski definition) is 6. The predicted octanol–water partition coefficient (Wildman–Crippen LogP) is 1.12. The Morgan fingerprint density at radius 1 is 1.37 bits per heavy atom. The molecule has 1 saturated heterocycles. The zero-order chi connectivity index (χ0) is 14.2. The highest BCUT2D eigenvalue weighted by molar-refractivity contribution is 5.93. The maximum atomic E-state index is 12.0. The fraction of sp³-hybridized carbons (Fsp3) is 0.462. The summed E-state index contributed by atoms with van der Waals surface area (Å²) in [6, 6.07) is 1.21. The molecule has 6 heteroatoms. The van der Waals surface area contributed by atoms with Crippen molar-refractivity contribution in [1.82, 2.24) is 0 Å². The zero-order valence-corrected chi connectivity index (χ0v) is 10.9. The summed E-state index contributed by atoms with van der Waals surface area (Å²) in [5.41, 5.74) is 0.102. The average molecular weight is 266 g/mol. The highest BCUT2D eigenvalue weighted by atomic mass is 16.6. The van der Waals surface area contributed by atoms with Crippen LogP contribution in [0.3, 0.4) is 0 Å². The Balaban J connectivity index is 2.22. The minimum atomic E-state index is -0.895. The third kappa shape index (κ3) is 2.67. The number of esters is 2. The highest BCUT2D eigenvalue weighted by Gasteiger charge is 2.35. The molecular weight excluding hydrogens is 252 g/mol. The van der Waals surface area contributed by atoms with E-state index in [-0.39, 0.29) is 17.4 Å². The second-order valence-electron chi connectivity index (χ2n) is 4.56. The molecule has 2 heterocycles. The monoisotopic (exact) mass is 266 g/mol. The van der Waals surface area contributed by atoms with Crippen LogP contribution >= 0.6 is 0 Å². The van der Waals surface area contributed by atoms with Crippen LogP contribution < -0.4 is 5.63 Å². The molecular formula is C13H14O6. The molecule has 0 spiro atoms. The SMILES string of the molecule is Cc1cc(=O)oc(C)c1C(=O)O[C@@H]1C[C@H](C)OC1=O. The van der Waals surface area contributed by atoms with Crippen LogP contribution in [-0.2, 0) is 14.3 Å². The number of hydrogen-bond donors (Lipinski definition) is 0. The summed E-state index contributed by atoms with van der Waals surface area (Å²) in [6.45, 7) is 4.83. The molecule has 1 aromatic heterocycles. The van der Waals surface area contributed by atoms with Gasteiger partial charge in [0.25, 0.3) is 0 Å². The van der Waals surface area contributed by atoms with Gasteiger partial charge in [0.2, 0.25) is 6.10 Å². The van der Waals surface area contributed by atoms with E-state index in [1.165, 1.54) is 13.0 Å². The molecule has 1 aliphatic heterocycles. The Labute approximate surface area is 109 Å². The molecule has 1 fully saturated rings. The molecule has 0 bridgehead atoms. The van der Waals surface area contributed by atoms with Crippen LogP contribution in [0.25, 0.3) is 0 Å². The van der Waals surface area contributed by atoms with Crippen LogP contribution in [0.1, 0.15) is 35.0 Å². The normalized spacial score (nSPS) is 22.2. The second kappa shape index (κ2) is 4.87. The minimum Gasteiger partial charge on any atom is -0.460 e. The van der Waals surface area contributed by atoms with Crippen molar-refractivity contribution in [2.24, 2.45) is 0 Å². The molecule has 2 atom stereocenters. The molecule has 6 nitrogen and oxygen atoms in total. The summed E-state index contributed by atoms with van der Waals surface area (Å²) in [5.74, 6) is -1.06. The summed E-state index contributed by atoms with van der Waals surface area (Å²) in [4.78, 5) is 34.5. The van der Waals surface area contributed by atoms with Gasteiger partial charge in [0.1, 0.15) is 17.4 Å². The lowest BCUT2D eigenvalue weighted by Gasteiger charge is -2.10. The van der Waals surface area contributed by atoms with Crippen molar-refractivity contribution in [3.8, 4) is 0 Å². The van der Waals surface area contributed by atoms with Crippen LogP contribution in [0.15, 0.2) is 15.3 Å². The van der Waals surface area contributed by atoms with E-state index in [2.05, 4.69) is 0 Å². The van der Waals surface area contributed by atoms with Gasteiger partial charge in [-0.1, -0.05) is 0 Å². The van der Waals surface area contributed by atoms with Gasteiger partial charge in [0.05, 0.1) is 0 Å². The molecule has 0 aliphatic carbocycles. The highest BCUT2D eigenvalue weighted by Crippen LogP contribution is 2.20. The van der Waals surface area contributed by atoms with E-state index in [0.29, 0.717) is 12.0 Å². The van der Waals surface area contributed by atoms with E-state index in [0.717, 1.165) is 0 Å². The van der Waals surface area contributed by atoms with Gasteiger partial charge >= 0.3 is 17.6 Å². The number of cyclic esters (lactones) is 1. The van der Waals surface area contributed by atoms with Gasteiger partial charge in [-0.2, -0.15) is 0 Å². The molecule has 19 heavy (non-hydrogen) atoms. The van der Waals surface area contributed by atoms with Crippen molar-refractivity contribution in [2.45, 2.75) is 39.4 Å². The van der Waals surface area contributed by atoms with Gasteiger partial charge < -0.3 is 13.9 Å². The van der Waals surface area contributed by atoms with Crippen LogP contribution in [0.4, 0.5) is 0 Å². The minimum absolute atomic E-state index is 0.173. The topological polar surface area (TPSA) is 82.8 Å². The van der Waals surface area contributed by atoms with Gasteiger partial charge in [-0.15, -0.1) is 0 Å². The van der Waals surface area contributed by atoms with Crippen LogP contribution in [0.5, 0.6) is 0 Å².